The zero-order chi connectivity index (χ0) is 14.6. The number of nitrogen functional groups attached to an aromatic ring is 1. The fourth-order valence-electron chi connectivity index (χ4n) is 2.83. The van der Waals surface area contributed by atoms with Gasteiger partial charge in [0.2, 0.25) is 0 Å². The third-order valence-corrected chi connectivity index (χ3v) is 4.01. The van der Waals surface area contributed by atoms with Crippen LogP contribution in [0.25, 0.3) is 22.4 Å². The van der Waals surface area contributed by atoms with E-state index in [0.717, 1.165) is 35.3 Å². The smallest absolute Gasteiger partial charge is 0.143 e. The number of imidazole rings is 1. The minimum Gasteiger partial charge on any atom is -0.398 e. The molecule has 0 spiro atoms. The van der Waals surface area contributed by atoms with Crippen LogP contribution >= 0.6 is 0 Å². The molecule has 1 aromatic heterocycles. The Balaban J connectivity index is 2.03. The average Bonchev–Trinajstić information content (AvgIpc) is 3.22. The van der Waals surface area contributed by atoms with Crippen LogP contribution in [0.15, 0.2) is 36.4 Å². The molecule has 4 rings (SSSR count). The van der Waals surface area contributed by atoms with Gasteiger partial charge in [-0.3, -0.25) is 0 Å². The molecule has 0 saturated heterocycles. The standard InChI is InChI=1S/C17H16FN3/c1-10-2-6-14(19)13(8-10)17-20-15-9-11(18)3-7-16(15)21(17)12-4-5-12/h2-3,6-9,12H,4-5,19H2,1H3. The van der Waals surface area contributed by atoms with Gasteiger partial charge in [-0.05, 0) is 44.0 Å². The summed E-state index contributed by atoms with van der Waals surface area (Å²) in [6.45, 7) is 2.03. The van der Waals surface area contributed by atoms with Crippen LogP contribution in [0, 0.1) is 12.7 Å². The fourth-order valence-corrected chi connectivity index (χ4v) is 2.83. The molecule has 3 aromatic rings. The molecule has 21 heavy (non-hydrogen) atoms. The Hall–Kier alpha value is -2.36. The lowest BCUT2D eigenvalue weighted by atomic mass is 10.1. The minimum atomic E-state index is -0.258. The third-order valence-electron chi connectivity index (χ3n) is 4.01. The number of nitrogens with zero attached hydrogens (tertiary/aromatic N) is 2. The van der Waals surface area contributed by atoms with Crippen molar-refractivity contribution in [3.8, 4) is 11.4 Å². The van der Waals surface area contributed by atoms with Gasteiger partial charge in [-0.1, -0.05) is 11.6 Å². The monoisotopic (exact) mass is 281 g/mol. The molecular weight excluding hydrogens is 265 g/mol. The maximum atomic E-state index is 13.5. The summed E-state index contributed by atoms with van der Waals surface area (Å²) >= 11 is 0. The van der Waals surface area contributed by atoms with E-state index in [1.165, 1.54) is 12.1 Å². The van der Waals surface area contributed by atoms with Crippen molar-refractivity contribution >= 4 is 16.7 Å². The van der Waals surface area contributed by atoms with Gasteiger partial charge in [-0.25, -0.2) is 9.37 Å². The van der Waals surface area contributed by atoms with Crippen LogP contribution in [0.2, 0.25) is 0 Å². The van der Waals surface area contributed by atoms with Crippen LogP contribution < -0.4 is 5.73 Å². The van der Waals surface area contributed by atoms with E-state index in [2.05, 4.69) is 9.55 Å². The van der Waals surface area contributed by atoms with E-state index in [1.807, 2.05) is 31.2 Å². The van der Waals surface area contributed by atoms with Crippen molar-refractivity contribution in [2.45, 2.75) is 25.8 Å². The van der Waals surface area contributed by atoms with E-state index < -0.39 is 0 Å². The van der Waals surface area contributed by atoms with Gasteiger partial charge in [-0.2, -0.15) is 0 Å². The number of fused-ring (bicyclic) bond motifs is 1. The van der Waals surface area contributed by atoms with Crippen LogP contribution in [-0.2, 0) is 0 Å². The number of anilines is 1. The lowest BCUT2D eigenvalue weighted by molar-refractivity contribution is 0.629. The van der Waals surface area contributed by atoms with Crippen LogP contribution in [0.1, 0.15) is 24.4 Å². The van der Waals surface area contributed by atoms with Gasteiger partial charge < -0.3 is 10.3 Å². The van der Waals surface area contributed by atoms with Gasteiger partial charge in [0, 0.05) is 23.4 Å². The SMILES string of the molecule is Cc1ccc(N)c(-c2nc3cc(F)ccc3n2C2CC2)c1. The number of halogens is 1. The summed E-state index contributed by atoms with van der Waals surface area (Å²) in [4.78, 5) is 4.65. The Kier molecular flexibility index (Phi) is 2.55. The molecule has 1 fully saturated rings. The number of aryl methyl sites for hydroxylation is 1. The Morgan fingerprint density at radius 2 is 2.00 bits per heavy atom. The molecule has 106 valence electrons. The zero-order valence-electron chi connectivity index (χ0n) is 11.8. The number of hydrogen-bond acceptors (Lipinski definition) is 2. The Bertz CT molecular complexity index is 847. The Labute approximate surface area is 122 Å². The molecule has 2 aromatic carbocycles. The van der Waals surface area contributed by atoms with Crippen molar-refractivity contribution in [2.24, 2.45) is 0 Å². The van der Waals surface area contributed by atoms with E-state index in [4.69, 9.17) is 5.73 Å². The highest BCUT2D eigenvalue weighted by atomic mass is 19.1. The van der Waals surface area contributed by atoms with Crippen molar-refractivity contribution < 1.29 is 4.39 Å². The highest BCUT2D eigenvalue weighted by Gasteiger charge is 2.29. The van der Waals surface area contributed by atoms with Crippen LogP contribution in [0.3, 0.4) is 0 Å². The van der Waals surface area contributed by atoms with Gasteiger partial charge in [0.25, 0.3) is 0 Å². The molecule has 0 bridgehead atoms. The van der Waals surface area contributed by atoms with Crippen LogP contribution in [0.4, 0.5) is 10.1 Å². The minimum absolute atomic E-state index is 0.258. The lowest BCUT2D eigenvalue weighted by Gasteiger charge is -2.10. The van der Waals surface area contributed by atoms with Crippen LogP contribution in [0.5, 0.6) is 0 Å². The summed E-state index contributed by atoms with van der Waals surface area (Å²) in [5, 5.41) is 0. The summed E-state index contributed by atoms with van der Waals surface area (Å²) in [5.41, 5.74) is 10.6. The van der Waals surface area contributed by atoms with E-state index in [0.29, 0.717) is 17.2 Å². The summed E-state index contributed by atoms with van der Waals surface area (Å²) in [7, 11) is 0. The average molecular weight is 281 g/mol. The number of benzene rings is 2. The molecule has 1 saturated carbocycles. The van der Waals surface area contributed by atoms with Crippen molar-refractivity contribution in [3.05, 3.63) is 47.8 Å². The first-order valence-electron chi connectivity index (χ1n) is 7.17. The zero-order valence-corrected chi connectivity index (χ0v) is 11.8. The molecule has 1 aliphatic carbocycles. The van der Waals surface area contributed by atoms with Crippen molar-refractivity contribution in [1.82, 2.24) is 9.55 Å². The van der Waals surface area contributed by atoms with Crippen molar-refractivity contribution in [2.75, 3.05) is 5.73 Å². The first kappa shape index (κ1) is 12.4. The second-order valence-corrected chi connectivity index (χ2v) is 5.76. The first-order valence-corrected chi connectivity index (χ1v) is 7.17. The number of hydrogen-bond donors (Lipinski definition) is 1. The number of nitrogens with two attached hydrogens (primary N) is 1. The van der Waals surface area contributed by atoms with Crippen molar-refractivity contribution in [1.29, 1.82) is 0 Å². The summed E-state index contributed by atoms with van der Waals surface area (Å²) < 4.78 is 15.7. The normalized spacial score (nSPS) is 14.8. The molecule has 0 amide bonds. The second kappa shape index (κ2) is 4.32. The molecule has 0 unspecified atom stereocenters. The third kappa shape index (κ3) is 1.98. The predicted molar refractivity (Wildman–Crippen MR) is 82.5 cm³/mol. The molecule has 2 N–H and O–H groups in total. The van der Waals surface area contributed by atoms with Gasteiger partial charge in [0.1, 0.15) is 11.6 Å². The molecule has 1 heterocycles. The topological polar surface area (TPSA) is 43.8 Å². The lowest BCUT2D eigenvalue weighted by Crippen LogP contribution is -2.00. The van der Waals surface area contributed by atoms with E-state index in [-0.39, 0.29) is 5.82 Å². The maximum Gasteiger partial charge on any atom is 0.143 e. The molecular formula is C17H16FN3. The fraction of sp³-hybridized carbons (Fsp3) is 0.235. The number of aromatic nitrogens is 2. The summed E-state index contributed by atoms with van der Waals surface area (Å²) in [6.07, 6.45) is 2.28. The number of rotatable bonds is 2. The van der Waals surface area contributed by atoms with Gasteiger partial charge >= 0.3 is 0 Å². The van der Waals surface area contributed by atoms with Gasteiger partial charge in [0.15, 0.2) is 0 Å². The molecule has 0 radical (unpaired) electrons. The van der Waals surface area contributed by atoms with Gasteiger partial charge in [0.05, 0.1) is 11.0 Å². The largest absolute Gasteiger partial charge is 0.398 e. The van der Waals surface area contributed by atoms with Gasteiger partial charge in [-0.15, -0.1) is 0 Å². The molecule has 4 heteroatoms. The van der Waals surface area contributed by atoms with E-state index >= 15 is 0 Å². The van der Waals surface area contributed by atoms with Crippen molar-refractivity contribution in [3.63, 3.8) is 0 Å². The second-order valence-electron chi connectivity index (χ2n) is 5.76. The van der Waals surface area contributed by atoms with E-state index in [9.17, 15) is 4.39 Å². The Morgan fingerprint density at radius 1 is 1.19 bits per heavy atom. The quantitative estimate of drug-likeness (QED) is 0.720. The highest BCUT2D eigenvalue weighted by Crippen LogP contribution is 2.42. The summed E-state index contributed by atoms with van der Waals surface area (Å²) in [6, 6.07) is 11.2. The molecule has 0 atom stereocenters. The van der Waals surface area contributed by atoms with E-state index in [1.54, 1.807) is 0 Å². The highest BCUT2D eigenvalue weighted by molar-refractivity contribution is 5.84. The van der Waals surface area contributed by atoms with Crippen LogP contribution in [-0.4, -0.2) is 9.55 Å². The summed E-state index contributed by atoms with van der Waals surface area (Å²) in [5.74, 6) is 0.589. The molecule has 3 nitrogen and oxygen atoms in total. The molecule has 0 aliphatic heterocycles. The predicted octanol–water partition coefficient (Wildman–Crippen LogP) is 4.07. The molecule has 1 aliphatic rings. The Morgan fingerprint density at radius 3 is 2.76 bits per heavy atom. The maximum absolute atomic E-state index is 13.5. The first-order chi connectivity index (χ1) is 10.1.